The summed E-state index contributed by atoms with van der Waals surface area (Å²) in [5.74, 6) is 0. The number of hydrogen-bond acceptors (Lipinski definition) is 5. The van der Waals surface area contributed by atoms with E-state index in [1.807, 2.05) is 0 Å². The predicted molar refractivity (Wildman–Crippen MR) is 61.5 cm³/mol. The van der Waals surface area contributed by atoms with Gasteiger partial charge in [-0.3, -0.25) is 10.1 Å². The van der Waals surface area contributed by atoms with Crippen molar-refractivity contribution in [2.24, 2.45) is 0 Å². The Hall–Kier alpha value is -1.66. The summed E-state index contributed by atoms with van der Waals surface area (Å²) < 4.78 is 10.8. The highest BCUT2D eigenvalue weighted by Crippen LogP contribution is 2.26. The molecule has 1 aromatic rings. The molecule has 17 heavy (non-hydrogen) atoms. The molecule has 1 unspecified atom stereocenters. The normalized spacial score (nSPS) is 19.4. The zero-order valence-electron chi connectivity index (χ0n) is 9.30. The van der Waals surface area contributed by atoms with Crippen LogP contribution in [0.1, 0.15) is 12.0 Å². The van der Waals surface area contributed by atoms with Gasteiger partial charge in [0.15, 0.2) is 0 Å². The van der Waals surface area contributed by atoms with Crippen LogP contribution in [-0.2, 0) is 16.1 Å². The van der Waals surface area contributed by atoms with Gasteiger partial charge in [-0.2, -0.15) is 0 Å². The summed E-state index contributed by atoms with van der Waals surface area (Å²) in [6.07, 6.45) is 0.920. The van der Waals surface area contributed by atoms with Crippen molar-refractivity contribution in [3.05, 3.63) is 33.9 Å². The number of nitrogens with zero attached hydrogens (tertiary/aromatic N) is 1. The molecule has 1 heterocycles. The number of benzene rings is 1. The molecule has 1 aromatic carbocycles. The molecule has 92 valence electrons. The molecule has 0 aliphatic carbocycles. The third kappa shape index (κ3) is 2.72. The molecule has 0 amide bonds. The maximum absolute atomic E-state index is 10.7. The molecule has 2 rings (SSSR count). The summed E-state index contributed by atoms with van der Waals surface area (Å²) in [6, 6.07) is 4.73. The highest BCUT2D eigenvalue weighted by molar-refractivity contribution is 5.62. The Kier molecular flexibility index (Phi) is 3.55. The number of ether oxygens (including phenoxy) is 2. The summed E-state index contributed by atoms with van der Waals surface area (Å²) in [7, 11) is 0. The van der Waals surface area contributed by atoms with E-state index in [0.717, 1.165) is 6.42 Å². The van der Waals surface area contributed by atoms with E-state index in [-0.39, 0.29) is 24.1 Å². The van der Waals surface area contributed by atoms with Crippen molar-refractivity contribution in [2.75, 3.05) is 18.9 Å². The van der Waals surface area contributed by atoms with Crippen molar-refractivity contribution < 1.29 is 14.4 Å². The molecule has 1 aliphatic rings. The summed E-state index contributed by atoms with van der Waals surface area (Å²) in [4.78, 5) is 10.2. The lowest BCUT2D eigenvalue weighted by Gasteiger charge is -2.11. The third-order valence-corrected chi connectivity index (χ3v) is 2.73. The van der Waals surface area contributed by atoms with Crippen molar-refractivity contribution in [2.45, 2.75) is 19.1 Å². The van der Waals surface area contributed by atoms with E-state index in [1.54, 1.807) is 12.1 Å². The first kappa shape index (κ1) is 11.8. The van der Waals surface area contributed by atoms with E-state index < -0.39 is 4.92 Å². The molecule has 2 N–H and O–H groups in total. The number of nitro benzene ring substituents is 1. The fourth-order valence-electron chi connectivity index (χ4n) is 1.74. The Labute approximate surface area is 98.5 Å². The molecule has 0 aromatic heterocycles. The van der Waals surface area contributed by atoms with Gasteiger partial charge in [0.1, 0.15) is 5.69 Å². The van der Waals surface area contributed by atoms with Crippen molar-refractivity contribution in [3.63, 3.8) is 0 Å². The standard InChI is InChI=1S/C11H14N2O4/c12-11-8(2-1-3-10(11)13(14)15)6-17-9-4-5-16-7-9/h1-3,9H,4-7,12H2. The van der Waals surface area contributed by atoms with Crippen LogP contribution in [0.5, 0.6) is 0 Å². The SMILES string of the molecule is Nc1c(COC2CCOC2)cccc1[N+](=O)[O-]. The largest absolute Gasteiger partial charge is 0.393 e. The van der Waals surface area contributed by atoms with Crippen LogP contribution in [0, 0.1) is 10.1 Å². The van der Waals surface area contributed by atoms with Gasteiger partial charge in [0.2, 0.25) is 0 Å². The van der Waals surface area contributed by atoms with Crippen LogP contribution in [0.25, 0.3) is 0 Å². The molecule has 0 bridgehead atoms. The molecule has 6 nitrogen and oxygen atoms in total. The van der Waals surface area contributed by atoms with Gasteiger partial charge in [0.25, 0.3) is 5.69 Å². The zero-order chi connectivity index (χ0) is 12.3. The fraction of sp³-hybridized carbons (Fsp3) is 0.455. The van der Waals surface area contributed by atoms with Gasteiger partial charge in [0, 0.05) is 18.2 Å². The molecule has 1 aliphatic heterocycles. The topological polar surface area (TPSA) is 87.6 Å². The summed E-state index contributed by atoms with van der Waals surface area (Å²) in [5, 5.41) is 10.7. The van der Waals surface area contributed by atoms with Gasteiger partial charge in [-0.25, -0.2) is 0 Å². The monoisotopic (exact) mass is 238 g/mol. The van der Waals surface area contributed by atoms with Gasteiger partial charge in [0.05, 0.1) is 24.2 Å². The van der Waals surface area contributed by atoms with Crippen molar-refractivity contribution in [3.8, 4) is 0 Å². The van der Waals surface area contributed by atoms with Crippen LogP contribution in [0.4, 0.5) is 11.4 Å². The van der Waals surface area contributed by atoms with Crippen LogP contribution < -0.4 is 5.73 Å². The molecule has 1 fully saturated rings. The first-order valence-electron chi connectivity index (χ1n) is 5.39. The lowest BCUT2D eigenvalue weighted by atomic mass is 10.1. The lowest BCUT2D eigenvalue weighted by Crippen LogP contribution is -2.13. The van der Waals surface area contributed by atoms with Crippen LogP contribution in [-0.4, -0.2) is 24.2 Å². The summed E-state index contributed by atoms with van der Waals surface area (Å²) in [5.41, 5.74) is 6.46. The molecule has 0 radical (unpaired) electrons. The van der Waals surface area contributed by atoms with Crippen LogP contribution >= 0.6 is 0 Å². The van der Waals surface area contributed by atoms with Gasteiger partial charge < -0.3 is 15.2 Å². The molecule has 0 spiro atoms. The third-order valence-electron chi connectivity index (χ3n) is 2.73. The maximum atomic E-state index is 10.7. The molecule has 6 heteroatoms. The van der Waals surface area contributed by atoms with Gasteiger partial charge in [-0.1, -0.05) is 12.1 Å². The van der Waals surface area contributed by atoms with E-state index in [9.17, 15) is 10.1 Å². The van der Waals surface area contributed by atoms with E-state index in [0.29, 0.717) is 18.8 Å². The van der Waals surface area contributed by atoms with Crippen molar-refractivity contribution in [1.29, 1.82) is 0 Å². The average molecular weight is 238 g/mol. The summed E-state index contributed by atoms with van der Waals surface area (Å²) in [6.45, 7) is 1.56. The minimum Gasteiger partial charge on any atom is -0.393 e. The number of hydrogen-bond donors (Lipinski definition) is 1. The number of rotatable bonds is 4. The van der Waals surface area contributed by atoms with Crippen LogP contribution in [0.15, 0.2) is 18.2 Å². The van der Waals surface area contributed by atoms with E-state index in [4.69, 9.17) is 15.2 Å². The first-order chi connectivity index (χ1) is 8.18. The smallest absolute Gasteiger partial charge is 0.292 e. The minimum atomic E-state index is -0.489. The number of para-hydroxylation sites is 1. The molecular formula is C11H14N2O4. The van der Waals surface area contributed by atoms with E-state index in [1.165, 1.54) is 6.07 Å². The molecular weight excluding hydrogens is 224 g/mol. The molecule has 1 atom stereocenters. The Bertz CT molecular complexity index is 416. The molecule has 0 saturated carbocycles. The van der Waals surface area contributed by atoms with Crippen LogP contribution in [0.2, 0.25) is 0 Å². The minimum absolute atomic E-state index is 0.0636. The number of nitro groups is 1. The maximum Gasteiger partial charge on any atom is 0.292 e. The number of anilines is 1. The highest BCUT2D eigenvalue weighted by atomic mass is 16.6. The number of nitrogens with two attached hydrogens (primary N) is 1. The summed E-state index contributed by atoms with van der Waals surface area (Å²) >= 11 is 0. The lowest BCUT2D eigenvalue weighted by molar-refractivity contribution is -0.384. The quantitative estimate of drug-likeness (QED) is 0.487. The Morgan fingerprint density at radius 1 is 1.59 bits per heavy atom. The second-order valence-electron chi connectivity index (χ2n) is 3.90. The highest BCUT2D eigenvalue weighted by Gasteiger charge is 2.18. The second-order valence-corrected chi connectivity index (χ2v) is 3.90. The van der Waals surface area contributed by atoms with Crippen molar-refractivity contribution >= 4 is 11.4 Å². The van der Waals surface area contributed by atoms with Crippen molar-refractivity contribution in [1.82, 2.24) is 0 Å². The zero-order valence-corrected chi connectivity index (χ0v) is 9.30. The van der Waals surface area contributed by atoms with E-state index in [2.05, 4.69) is 0 Å². The van der Waals surface area contributed by atoms with Crippen LogP contribution in [0.3, 0.4) is 0 Å². The van der Waals surface area contributed by atoms with Gasteiger partial charge in [-0.05, 0) is 6.42 Å². The Morgan fingerprint density at radius 2 is 2.41 bits per heavy atom. The average Bonchev–Trinajstić information content (AvgIpc) is 2.80. The van der Waals surface area contributed by atoms with E-state index >= 15 is 0 Å². The van der Waals surface area contributed by atoms with Gasteiger partial charge in [-0.15, -0.1) is 0 Å². The van der Waals surface area contributed by atoms with Gasteiger partial charge >= 0.3 is 0 Å². The number of nitrogen functional groups attached to an aromatic ring is 1. The molecule has 1 saturated heterocycles. The Balaban J connectivity index is 2.04. The first-order valence-corrected chi connectivity index (χ1v) is 5.39. The second kappa shape index (κ2) is 5.11. The predicted octanol–water partition coefficient (Wildman–Crippen LogP) is 1.48. The fourth-order valence-corrected chi connectivity index (χ4v) is 1.74. The Morgan fingerprint density at radius 3 is 3.06 bits per heavy atom.